The number of amides is 1. The Kier molecular flexibility index (Phi) is 4.71. The Morgan fingerprint density at radius 1 is 1.20 bits per heavy atom. The van der Waals surface area contributed by atoms with Crippen LogP contribution in [0.3, 0.4) is 0 Å². The number of benzene rings is 1. The van der Waals surface area contributed by atoms with Gasteiger partial charge in [0.05, 0.1) is 11.4 Å². The molecule has 1 aromatic carbocycles. The van der Waals surface area contributed by atoms with E-state index < -0.39 is 10.0 Å². The molecule has 0 radical (unpaired) electrons. The molecule has 3 rings (SSSR count). The number of carbonyl (C=O) groups excluding carboxylic acids is 1. The number of nitrogens with one attached hydrogen (secondary N) is 2. The summed E-state index contributed by atoms with van der Waals surface area (Å²) in [6.45, 7) is 4.18. The van der Waals surface area contributed by atoms with E-state index >= 15 is 0 Å². The van der Waals surface area contributed by atoms with Crippen molar-refractivity contribution in [2.45, 2.75) is 44.2 Å². The van der Waals surface area contributed by atoms with Crippen LogP contribution in [0.25, 0.3) is 0 Å². The molecule has 1 aliphatic rings. The zero-order chi connectivity index (χ0) is 18.2. The quantitative estimate of drug-likeness (QED) is 0.826. The van der Waals surface area contributed by atoms with Crippen LogP contribution < -0.4 is 10.0 Å². The van der Waals surface area contributed by atoms with Gasteiger partial charge in [-0.25, -0.2) is 13.1 Å². The molecule has 1 fully saturated rings. The largest absolute Gasteiger partial charge is 0.350 e. The monoisotopic (exact) mass is 361 g/mol. The summed E-state index contributed by atoms with van der Waals surface area (Å²) in [6.07, 6.45) is 1.74. The van der Waals surface area contributed by atoms with Crippen molar-refractivity contribution in [1.29, 1.82) is 0 Å². The predicted octanol–water partition coefficient (Wildman–Crippen LogP) is 2.01. The van der Waals surface area contributed by atoms with Crippen molar-refractivity contribution in [3.8, 4) is 0 Å². The first-order chi connectivity index (χ1) is 11.8. The minimum absolute atomic E-state index is 0.0316. The fraction of sp³-hybridized carbons (Fsp3) is 0.389. The maximum atomic E-state index is 12.5. The summed E-state index contributed by atoms with van der Waals surface area (Å²) < 4.78 is 29.3. The predicted molar refractivity (Wildman–Crippen MR) is 95.8 cm³/mol. The molecule has 0 bridgehead atoms. The van der Waals surface area contributed by atoms with E-state index in [0.717, 1.165) is 29.8 Å². The van der Waals surface area contributed by atoms with Crippen LogP contribution in [0.1, 0.15) is 40.2 Å². The first kappa shape index (κ1) is 17.7. The Morgan fingerprint density at radius 3 is 2.52 bits per heavy atom. The van der Waals surface area contributed by atoms with Crippen LogP contribution in [0.2, 0.25) is 0 Å². The average molecular weight is 361 g/mol. The van der Waals surface area contributed by atoms with Crippen molar-refractivity contribution < 1.29 is 13.2 Å². The molecule has 1 aliphatic carbocycles. The molecule has 2 aromatic rings. The number of aryl methyl sites for hydroxylation is 2. The summed E-state index contributed by atoms with van der Waals surface area (Å²) >= 11 is 0. The van der Waals surface area contributed by atoms with Gasteiger partial charge in [0.1, 0.15) is 0 Å². The topological polar surface area (TPSA) is 80.2 Å². The third kappa shape index (κ3) is 3.93. The molecule has 1 saturated carbocycles. The van der Waals surface area contributed by atoms with E-state index in [4.69, 9.17) is 0 Å². The van der Waals surface area contributed by atoms with Gasteiger partial charge < -0.3 is 9.88 Å². The highest BCUT2D eigenvalue weighted by molar-refractivity contribution is 7.89. The first-order valence-corrected chi connectivity index (χ1v) is 9.78. The first-order valence-electron chi connectivity index (χ1n) is 8.30. The molecule has 0 spiro atoms. The minimum atomic E-state index is -3.57. The lowest BCUT2D eigenvalue weighted by Crippen LogP contribution is -2.27. The van der Waals surface area contributed by atoms with Crippen molar-refractivity contribution in [1.82, 2.24) is 14.6 Å². The Morgan fingerprint density at radius 2 is 1.92 bits per heavy atom. The third-order valence-electron chi connectivity index (χ3n) is 4.57. The maximum Gasteiger partial charge on any atom is 0.251 e. The highest BCUT2D eigenvalue weighted by Gasteiger charge is 2.28. The van der Waals surface area contributed by atoms with Gasteiger partial charge in [-0.15, -0.1) is 0 Å². The number of sulfonamides is 1. The van der Waals surface area contributed by atoms with Gasteiger partial charge >= 0.3 is 0 Å². The molecule has 0 saturated heterocycles. The van der Waals surface area contributed by atoms with Gasteiger partial charge in [0.15, 0.2) is 0 Å². The highest BCUT2D eigenvalue weighted by atomic mass is 32.2. The van der Waals surface area contributed by atoms with Crippen LogP contribution in [-0.2, 0) is 23.6 Å². The van der Waals surface area contributed by atoms with Crippen molar-refractivity contribution in [2.75, 3.05) is 0 Å². The molecular weight excluding hydrogens is 338 g/mol. The molecule has 6 nitrogen and oxygen atoms in total. The molecule has 0 atom stereocenters. The lowest BCUT2D eigenvalue weighted by Gasteiger charge is -2.11. The smallest absolute Gasteiger partial charge is 0.251 e. The Bertz CT molecular complexity index is 912. The molecule has 1 aromatic heterocycles. The van der Waals surface area contributed by atoms with Crippen molar-refractivity contribution >= 4 is 15.9 Å². The second kappa shape index (κ2) is 6.65. The normalized spacial score (nSPS) is 14.5. The molecule has 1 heterocycles. The van der Waals surface area contributed by atoms with E-state index in [1.807, 2.05) is 30.7 Å². The van der Waals surface area contributed by atoms with E-state index in [1.165, 1.54) is 12.1 Å². The second-order valence-corrected chi connectivity index (χ2v) is 8.29. The Hall–Kier alpha value is -2.12. The van der Waals surface area contributed by atoms with E-state index in [-0.39, 0.29) is 16.8 Å². The summed E-state index contributed by atoms with van der Waals surface area (Å²) in [5.41, 5.74) is 3.22. The van der Waals surface area contributed by atoms with Crippen molar-refractivity contribution in [3.05, 3.63) is 52.8 Å². The third-order valence-corrected chi connectivity index (χ3v) is 6.09. The van der Waals surface area contributed by atoms with E-state index in [9.17, 15) is 13.2 Å². The lowest BCUT2D eigenvalue weighted by molar-refractivity contribution is 0.0949. The van der Waals surface area contributed by atoms with Gasteiger partial charge in [-0.1, -0.05) is 6.07 Å². The minimum Gasteiger partial charge on any atom is -0.350 e. The molecule has 0 unspecified atom stereocenters. The number of hydrogen-bond acceptors (Lipinski definition) is 3. The number of nitrogens with zero attached hydrogens (tertiary/aromatic N) is 1. The zero-order valence-electron chi connectivity index (χ0n) is 14.7. The van der Waals surface area contributed by atoms with Gasteiger partial charge in [-0.05, 0) is 56.5 Å². The average Bonchev–Trinajstić information content (AvgIpc) is 3.31. The van der Waals surface area contributed by atoms with Gasteiger partial charge in [-0.3, -0.25) is 4.79 Å². The number of aromatic nitrogens is 1. The molecule has 1 amide bonds. The van der Waals surface area contributed by atoms with Crippen molar-refractivity contribution in [3.63, 3.8) is 0 Å². The summed E-state index contributed by atoms with van der Waals surface area (Å²) in [5.74, 6) is -0.278. The molecule has 2 N–H and O–H groups in total. The van der Waals surface area contributed by atoms with Gasteiger partial charge in [0.2, 0.25) is 10.0 Å². The van der Waals surface area contributed by atoms with Crippen LogP contribution in [0, 0.1) is 13.8 Å². The van der Waals surface area contributed by atoms with Crippen molar-refractivity contribution in [2.24, 2.45) is 7.05 Å². The van der Waals surface area contributed by atoms with Gasteiger partial charge in [-0.2, -0.15) is 0 Å². The maximum absolute atomic E-state index is 12.5. The van der Waals surface area contributed by atoms with Gasteiger partial charge in [0, 0.05) is 30.0 Å². The Labute approximate surface area is 148 Å². The van der Waals surface area contributed by atoms with Crippen LogP contribution in [0.4, 0.5) is 0 Å². The van der Waals surface area contributed by atoms with Crippen LogP contribution >= 0.6 is 0 Å². The van der Waals surface area contributed by atoms with E-state index in [2.05, 4.69) is 10.0 Å². The SMILES string of the molecule is Cc1ccc(S(=O)(=O)NC2CC2)cc1C(=O)NCc1ccc(C)n1C. The standard InChI is InChI=1S/C18H23N3O3S/c1-12-4-9-16(25(23,24)20-14-6-7-14)10-17(12)18(22)19-11-15-8-5-13(2)21(15)3/h4-5,8-10,14,20H,6-7,11H2,1-3H3,(H,19,22). The second-order valence-electron chi connectivity index (χ2n) is 6.58. The summed E-state index contributed by atoms with van der Waals surface area (Å²) in [7, 11) is -1.63. The fourth-order valence-corrected chi connectivity index (χ4v) is 3.94. The van der Waals surface area contributed by atoms with E-state index in [0.29, 0.717) is 12.1 Å². The summed E-state index contributed by atoms with van der Waals surface area (Å²) in [6, 6.07) is 8.64. The molecule has 25 heavy (non-hydrogen) atoms. The van der Waals surface area contributed by atoms with Crippen LogP contribution in [-0.4, -0.2) is 24.9 Å². The van der Waals surface area contributed by atoms with Crippen LogP contribution in [0.15, 0.2) is 35.2 Å². The summed E-state index contributed by atoms with van der Waals surface area (Å²) in [4.78, 5) is 12.7. The van der Waals surface area contributed by atoms with Gasteiger partial charge in [0.25, 0.3) is 5.91 Å². The zero-order valence-corrected chi connectivity index (χ0v) is 15.5. The summed E-state index contributed by atoms with van der Waals surface area (Å²) in [5, 5.41) is 2.87. The molecule has 134 valence electrons. The highest BCUT2D eigenvalue weighted by Crippen LogP contribution is 2.23. The number of rotatable bonds is 6. The fourth-order valence-electron chi connectivity index (χ4n) is 2.61. The number of carbonyl (C=O) groups is 1. The molecular formula is C18H23N3O3S. The lowest BCUT2D eigenvalue weighted by atomic mass is 10.1. The molecule has 7 heteroatoms. The van der Waals surface area contributed by atoms with E-state index in [1.54, 1.807) is 13.0 Å². The molecule has 0 aliphatic heterocycles. The van der Waals surface area contributed by atoms with Crippen LogP contribution in [0.5, 0.6) is 0 Å². The number of hydrogen-bond donors (Lipinski definition) is 2. The Balaban J connectivity index is 1.77.